The van der Waals surface area contributed by atoms with Crippen LogP contribution in [0.2, 0.25) is 0 Å². The Morgan fingerprint density at radius 2 is 0.701 bits per heavy atom. The summed E-state index contributed by atoms with van der Waals surface area (Å²) < 4.78 is 5.46. The van der Waals surface area contributed by atoms with Gasteiger partial charge in [-0.2, -0.15) is 0 Å². The molecule has 0 heterocycles. The smallest absolute Gasteiger partial charge is 0.305 e. The number of hydrogen-bond donors (Lipinski definition) is 3. The SMILES string of the molecule is CCCCCCCCC/C=C\CCCCCCCC(=O)OCCCCCCCCCCCC(=O)NC(CO)C(O)/C=C/CCCCCCCCCCCCCCCCCCCCCCCCC. The summed E-state index contributed by atoms with van der Waals surface area (Å²) in [6.45, 7) is 4.86. The molecule has 0 radical (unpaired) electrons. The molecule has 0 spiro atoms. The van der Waals surface area contributed by atoms with E-state index in [0.717, 1.165) is 57.8 Å². The van der Waals surface area contributed by atoms with Gasteiger partial charge in [-0.25, -0.2) is 0 Å². The number of aliphatic hydroxyl groups excluding tert-OH is 2. The lowest BCUT2D eigenvalue weighted by Gasteiger charge is -2.20. The summed E-state index contributed by atoms with van der Waals surface area (Å²) in [5.41, 5.74) is 0. The van der Waals surface area contributed by atoms with E-state index in [1.54, 1.807) is 6.08 Å². The molecular weight excluding hydrogens is 827 g/mol. The van der Waals surface area contributed by atoms with E-state index in [2.05, 4.69) is 31.3 Å². The average molecular weight is 945 g/mol. The van der Waals surface area contributed by atoms with Gasteiger partial charge in [0.25, 0.3) is 0 Å². The van der Waals surface area contributed by atoms with Crippen molar-refractivity contribution in [3.05, 3.63) is 24.3 Å². The van der Waals surface area contributed by atoms with Crippen molar-refractivity contribution in [3.8, 4) is 0 Å². The number of allylic oxidation sites excluding steroid dienone is 3. The maximum atomic E-state index is 12.5. The number of aliphatic hydroxyl groups is 2. The fourth-order valence-electron chi connectivity index (χ4n) is 9.34. The van der Waals surface area contributed by atoms with Crippen LogP contribution in [0, 0.1) is 0 Å². The van der Waals surface area contributed by atoms with Gasteiger partial charge in [-0.15, -0.1) is 0 Å². The van der Waals surface area contributed by atoms with Gasteiger partial charge < -0.3 is 20.3 Å². The van der Waals surface area contributed by atoms with Crippen LogP contribution >= 0.6 is 0 Å². The predicted molar refractivity (Wildman–Crippen MR) is 292 cm³/mol. The number of hydrogen-bond acceptors (Lipinski definition) is 5. The molecule has 0 aromatic heterocycles. The van der Waals surface area contributed by atoms with E-state index in [9.17, 15) is 19.8 Å². The van der Waals surface area contributed by atoms with E-state index in [4.69, 9.17) is 4.74 Å². The molecule has 0 bridgehead atoms. The molecule has 1 amide bonds. The number of amides is 1. The highest BCUT2D eigenvalue weighted by molar-refractivity contribution is 5.76. The van der Waals surface area contributed by atoms with Gasteiger partial charge in [-0.1, -0.05) is 282 Å². The van der Waals surface area contributed by atoms with E-state index in [1.165, 1.54) is 244 Å². The molecule has 0 aliphatic rings. The van der Waals surface area contributed by atoms with Crippen LogP contribution in [0.4, 0.5) is 0 Å². The summed E-state index contributed by atoms with van der Waals surface area (Å²) >= 11 is 0. The lowest BCUT2D eigenvalue weighted by Crippen LogP contribution is -2.45. The first-order valence-corrected chi connectivity index (χ1v) is 30.1. The summed E-state index contributed by atoms with van der Waals surface area (Å²) in [7, 11) is 0. The summed E-state index contributed by atoms with van der Waals surface area (Å²) in [5.74, 6) is -0.126. The number of nitrogens with one attached hydrogen (secondary N) is 1. The molecule has 2 unspecified atom stereocenters. The second-order valence-electron chi connectivity index (χ2n) is 20.7. The zero-order valence-corrected chi connectivity index (χ0v) is 45.1. The van der Waals surface area contributed by atoms with Crippen LogP contribution in [-0.2, 0) is 14.3 Å². The Morgan fingerprint density at radius 3 is 1.06 bits per heavy atom. The maximum Gasteiger partial charge on any atom is 0.305 e. The third-order valence-corrected chi connectivity index (χ3v) is 14.0. The van der Waals surface area contributed by atoms with Crippen LogP contribution in [0.25, 0.3) is 0 Å². The molecule has 0 aliphatic heterocycles. The first kappa shape index (κ1) is 65.3. The van der Waals surface area contributed by atoms with Crippen molar-refractivity contribution in [2.75, 3.05) is 13.2 Å². The van der Waals surface area contributed by atoms with Crippen molar-refractivity contribution in [1.82, 2.24) is 5.32 Å². The molecule has 6 heteroatoms. The second-order valence-corrected chi connectivity index (χ2v) is 20.7. The van der Waals surface area contributed by atoms with Gasteiger partial charge in [0.2, 0.25) is 5.91 Å². The van der Waals surface area contributed by atoms with Crippen LogP contribution in [0.3, 0.4) is 0 Å². The summed E-state index contributed by atoms with van der Waals surface area (Å²) in [6.07, 6.45) is 69.2. The zero-order chi connectivity index (χ0) is 48.6. The van der Waals surface area contributed by atoms with Crippen LogP contribution < -0.4 is 5.32 Å². The van der Waals surface area contributed by atoms with Gasteiger partial charge in [0.15, 0.2) is 0 Å². The molecule has 0 aliphatic carbocycles. The molecule has 2 atom stereocenters. The molecule has 3 N–H and O–H groups in total. The van der Waals surface area contributed by atoms with Gasteiger partial charge in [0.1, 0.15) is 0 Å². The average Bonchev–Trinajstić information content (AvgIpc) is 3.33. The molecule has 0 aromatic rings. The lowest BCUT2D eigenvalue weighted by molar-refractivity contribution is -0.143. The zero-order valence-electron chi connectivity index (χ0n) is 45.1. The van der Waals surface area contributed by atoms with Crippen molar-refractivity contribution < 1.29 is 24.5 Å². The molecule has 0 aromatic carbocycles. The van der Waals surface area contributed by atoms with E-state index >= 15 is 0 Å². The van der Waals surface area contributed by atoms with Crippen molar-refractivity contribution >= 4 is 11.9 Å². The number of carbonyl (C=O) groups excluding carboxylic acids is 2. The predicted octanol–water partition coefficient (Wildman–Crippen LogP) is 18.6. The number of rotatable bonds is 56. The van der Waals surface area contributed by atoms with E-state index in [-0.39, 0.29) is 18.5 Å². The van der Waals surface area contributed by atoms with E-state index in [1.807, 2.05) is 6.08 Å². The van der Waals surface area contributed by atoms with Crippen LogP contribution in [-0.4, -0.2) is 47.4 Å². The van der Waals surface area contributed by atoms with Crippen molar-refractivity contribution in [2.45, 2.75) is 341 Å². The van der Waals surface area contributed by atoms with E-state index < -0.39 is 12.1 Å². The minimum atomic E-state index is -0.864. The van der Waals surface area contributed by atoms with Crippen molar-refractivity contribution in [3.63, 3.8) is 0 Å². The number of esters is 1. The minimum Gasteiger partial charge on any atom is -0.466 e. The highest BCUT2D eigenvalue weighted by Crippen LogP contribution is 2.17. The van der Waals surface area contributed by atoms with Crippen molar-refractivity contribution in [2.24, 2.45) is 0 Å². The topological polar surface area (TPSA) is 95.9 Å². The fraction of sp³-hybridized carbons (Fsp3) is 0.902. The summed E-state index contributed by atoms with van der Waals surface area (Å²) in [4.78, 5) is 24.6. The van der Waals surface area contributed by atoms with Gasteiger partial charge in [-0.05, 0) is 57.8 Å². The minimum absolute atomic E-state index is 0.0337. The molecule has 67 heavy (non-hydrogen) atoms. The highest BCUT2D eigenvalue weighted by atomic mass is 16.5. The van der Waals surface area contributed by atoms with Crippen LogP contribution in [0.15, 0.2) is 24.3 Å². The third kappa shape index (κ3) is 53.5. The molecule has 0 rings (SSSR count). The molecular formula is C61H117NO5. The molecule has 6 nitrogen and oxygen atoms in total. The largest absolute Gasteiger partial charge is 0.466 e. The second kappa shape index (κ2) is 56.9. The van der Waals surface area contributed by atoms with Gasteiger partial charge in [0, 0.05) is 12.8 Å². The van der Waals surface area contributed by atoms with Gasteiger partial charge in [0.05, 0.1) is 25.4 Å². The monoisotopic (exact) mass is 944 g/mol. The van der Waals surface area contributed by atoms with Crippen LogP contribution in [0.5, 0.6) is 0 Å². The Bertz CT molecular complexity index is 1040. The quantitative estimate of drug-likeness (QED) is 0.0321. The fourth-order valence-corrected chi connectivity index (χ4v) is 9.34. The first-order valence-electron chi connectivity index (χ1n) is 30.1. The Morgan fingerprint density at radius 1 is 0.403 bits per heavy atom. The molecule has 0 saturated heterocycles. The highest BCUT2D eigenvalue weighted by Gasteiger charge is 2.18. The Hall–Kier alpha value is -1.66. The number of ether oxygens (including phenoxy) is 1. The maximum absolute atomic E-state index is 12.5. The van der Waals surface area contributed by atoms with Gasteiger partial charge in [-0.3, -0.25) is 9.59 Å². The molecule has 396 valence electrons. The first-order chi connectivity index (χ1) is 33.0. The summed E-state index contributed by atoms with van der Waals surface area (Å²) in [6, 6.07) is -0.650. The van der Waals surface area contributed by atoms with Crippen molar-refractivity contribution in [1.29, 1.82) is 0 Å². The lowest BCUT2D eigenvalue weighted by atomic mass is 10.0. The Balaban J connectivity index is 3.50. The Labute approximate surface area is 418 Å². The Kier molecular flexibility index (Phi) is 55.5. The molecule has 0 fully saturated rings. The van der Waals surface area contributed by atoms with Crippen LogP contribution in [0.1, 0.15) is 328 Å². The normalized spacial score (nSPS) is 12.7. The molecule has 0 saturated carbocycles. The third-order valence-electron chi connectivity index (χ3n) is 14.0. The number of carbonyl (C=O) groups is 2. The standard InChI is InChI=1S/C61H117NO5/c1-3-5-7-9-11-13-15-17-19-21-22-23-24-25-26-27-28-29-30-32-34-37-41-45-49-53-59(64)58(57-63)62-60(65)54-50-46-42-38-36-40-44-48-52-56-67-61(66)55-51-47-43-39-35-33-31-20-18-16-14-12-10-8-6-4-2/h20,31,49,53,58-59,63-64H,3-19,21-30,32-48,50-52,54-57H2,1-2H3,(H,62,65)/b31-20-,53-49+. The van der Waals surface area contributed by atoms with Gasteiger partial charge >= 0.3 is 5.97 Å². The van der Waals surface area contributed by atoms with E-state index in [0.29, 0.717) is 19.4 Å². The number of unbranched alkanes of at least 4 members (excludes halogenated alkanes) is 43. The summed E-state index contributed by atoms with van der Waals surface area (Å²) in [5, 5.41) is 23.2.